The summed E-state index contributed by atoms with van der Waals surface area (Å²) in [6, 6.07) is 7.31. The van der Waals surface area contributed by atoms with Crippen molar-refractivity contribution >= 4 is 13.7 Å². The summed E-state index contributed by atoms with van der Waals surface area (Å²) < 4.78 is 23.3. The molecule has 0 aliphatic rings. The predicted octanol–water partition coefficient (Wildman–Crippen LogP) is 3.36. The molecule has 1 unspecified atom stereocenters. The van der Waals surface area contributed by atoms with E-state index in [9.17, 15) is 14.5 Å². The Hall–Kier alpha value is -1.20. The molecule has 0 aromatic heterocycles. The topological polar surface area (TPSA) is 84.9 Å². The van der Waals surface area contributed by atoms with Crippen molar-refractivity contribution in [1.82, 2.24) is 5.09 Å². The van der Waals surface area contributed by atoms with Gasteiger partial charge in [-0.2, -0.15) is 0 Å². The lowest BCUT2D eigenvalue weighted by molar-refractivity contribution is -0.139. The first-order valence-electron chi connectivity index (χ1n) is 6.76. The SMILES string of the molecule is CC(C)OP(=O)(NC(C(=O)O)c1ccccc1)OC(C)C. The van der Waals surface area contributed by atoms with E-state index in [1.807, 2.05) is 0 Å². The standard InChI is InChI=1S/C14H22NO5P/c1-10(2)19-21(18,20-11(3)4)15-13(14(16)17)12-8-6-5-7-9-12/h5-11,13H,1-4H3,(H,15,18)(H,16,17). The summed E-state index contributed by atoms with van der Waals surface area (Å²) in [4.78, 5) is 11.5. The Balaban J connectivity index is 3.03. The first-order chi connectivity index (χ1) is 9.73. The van der Waals surface area contributed by atoms with Gasteiger partial charge in [-0.3, -0.25) is 13.8 Å². The van der Waals surface area contributed by atoms with Gasteiger partial charge in [0.25, 0.3) is 0 Å². The van der Waals surface area contributed by atoms with Gasteiger partial charge in [0.15, 0.2) is 0 Å². The van der Waals surface area contributed by atoms with Crippen LogP contribution >= 0.6 is 7.75 Å². The van der Waals surface area contributed by atoms with Crippen LogP contribution in [0.25, 0.3) is 0 Å². The van der Waals surface area contributed by atoms with E-state index < -0.39 is 19.8 Å². The normalized spacial score (nSPS) is 13.6. The lowest BCUT2D eigenvalue weighted by Gasteiger charge is -2.26. The molecule has 1 aromatic carbocycles. The minimum atomic E-state index is -3.74. The van der Waals surface area contributed by atoms with E-state index in [-0.39, 0.29) is 12.2 Å². The molecule has 0 aliphatic carbocycles. The molecular formula is C14H22NO5P. The van der Waals surface area contributed by atoms with Crippen LogP contribution in [0, 0.1) is 0 Å². The molecule has 0 saturated heterocycles. The Morgan fingerprint density at radius 1 is 1.10 bits per heavy atom. The lowest BCUT2D eigenvalue weighted by atomic mass is 10.1. The fourth-order valence-corrected chi connectivity index (χ4v) is 3.57. The zero-order chi connectivity index (χ0) is 16.0. The highest BCUT2D eigenvalue weighted by Gasteiger charge is 2.34. The molecule has 0 radical (unpaired) electrons. The van der Waals surface area contributed by atoms with Gasteiger partial charge in [0, 0.05) is 0 Å². The van der Waals surface area contributed by atoms with Gasteiger partial charge in [0.2, 0.25) is 0 Å². The van der Waals surface area contributed by atoms with Gasteiger partial charge in [0.1, 0.15) is 6.04 Å². The van der Waals surface area contributed by atoms with Gasteiger partial charge in [0.05, 0.1) is 12.2 Å². The van der Waals surface area contributed by atoms with Gasteiger partial charge in [-0.05, 0) is 33.3 Å². The summed E-state index contributed by atoms with van der Waals surface area (Å²) in [5.41, 5.74) is 0.477. The van der Waals surface area contributed by atoms with E-state index in [1.165, 1.54) is 0 Å². The van der Waals surface area contributed by atoms with E-state index in [4.69, 9.17) is 9.05 Å². The van der Waals surface area contributed by atoms with Crippen molar-refractivity contribution in [3.05, 3.63) is 35.9 Å². The van der Waals surface area contributed by atoms with Crippen molar-refractivity contribution in [3.63, 3.8) is 0 Å². The molecule has 1 rings (SSSR count). The summed E-state index contributed by atoms with van der Waals surface area (Å²) >= 11 is 0. The first kappa shape index (κ1) is 17.9. The van der Waals surface area contributed by atoms with Crippen LogP contribution in [-0.4, -0.2) is 23.3 Å². The molecule has 118 valence electrons. The van der Waals surface area contributed by atoms with Crippen LogP contribution in [0.1, 0.15) is 39.3 Å². The Morgan fingerprint density at radius 3 is 1.95 bits per heavy atom. The predicted molar refractivity (Wildman–Crippen MR) is 80.0 cm³/mol. The maximum absolute atomic E-state index is 12.7. The monoisotopic (exact) mass is 315 g/mol. The van der Waals surface area contributed by atoms with Crippen LogP contribution in [0.2, 0.25) is 0 Å². The maximum atomic E-state index is 12.7. The molecular weight excluding hydrogens is 293 g/mol. The number of nitrogens with one attached hydrogen (secondary N) is 1. The second-order valence-electron chi connectivity index (χ2n) is 5.12. The van der Waals surface area contributed by atoms with Gasteiger partial charge in [-0.15, -0.1) is 0 Å². The summed E-state index contributed by atoms with van der Waals surface area (Å²) in [6.07, 6.45) is -0.736. The number of carboxylic acids is 1. The summed E-state index contributed by atoms with van der Waals surface area (Å²) in [5, 5.41) is 11.9. The van der Waals surface area contributed by atoms with E-state index in [1.54, 1.807) is 58.0 Å². The quantitative estimate of drug-likeness (QED) is 0.716. The van der Waals surface area contributed by atoms with E-state index in [0.29, 0.717) is 5.56 Å². The van der Waals surface area contributed by atoms with Crippen molar-refractivity contribution in [2.45, 2.75) is 45.9 Å². The van der Waals surface area contributed by atoms with Gasteiger partial charge in [-0.1, -0.05) is 30.3 Å². The molecule has 2 N–H and O–H groups in total. The summed E-state index contributed by atoms with van der Waals surface area (Å²) in [5.74, 6) is -1.15. The summed E-state index contributed by atoms with van der Waals surface area (Å²) in [7, 11) is -3.74. The maximum Gasteiger partial charge on any atom is 0.407 e. The average molecular weight is 315 g/mol. The Morgan fingerprint density at radius 2 is 1.57 bits per heavy atom. The second kappa shape index (κ2) is 7.71. The highest BCUT2D eigenvalue weighted by Crippen LogP contribution is 2.48. The number of hydrogen-bond donors (Lipinski definition) is 2. The van der Waals surface area contributed by atoms with Gasteiger partial charge in [-0.25, -0.2) is 9.65 Å². The third-order valence-electron chi connectivity index (χ3n) is 2.37. The average Bonchev–Trinajstić information content (AvgIpc) is 2.34. The van der Waals surface area contributed by atoms with Crippen molar-refractivity contribution in [2.75, 3.05) is 0 Å². The van der Waals surface area contributed by atoms with E-state index >= 15 is 0 Å². The molecule has 0 amide bonds. The number of benzene rings is 1. The molecule has 1 atom stereocenters. The van der Waals surface area contributed by atoms with Crippen molar-refractivity contribution < 1.29 is 23.5 Å². The van der Waals surface area contributed by atoms with Crippen LogP contribution in [-0.2, 0) is 18.4 Å². The van der Waals surface area contributed by atoms with Crippen LogP contribution in [0.15, 0.2) is 30.3 Å². The van der Waals surface area contributed by atoms with Crippen LogP contribution in [0.4, 0.5) is 0 Å². The lowest BCUT2D eigenvalue weighted by Crippen LogP contribution is -2.29. The minimum Gasteiger partial charge on any atom is -0.480 e. The largest absolute Gasteiger partial charge is 0.480 e. The molecule has 0 bridgehead atoms. The van der Waals surface area contributed by atoms with Crippen LogP contribution < -0.4 is 5.09 Å². The van der Waals surface area contributed by atoms with Gasteiger partial charge >= 0.3 is 13.7 Å². The third kappa shape index (κ3) is 5.98. The number of aliphatic carboxylic acids is 1. The molecule has 0 heterocycles. The van der Waals surface area contributed by atoms with Crippen molar-refractivity contribution in [2.24, 2.45) is 0 Å². The first-order valence-corrected chi connectivity index (χ1v) is 8.30. The highest BCUT2D eigenvalue weighted by atomic mass is 31.2. The molecule has 0 spiro atoms. The van der Waals surface area contributed by atoms with Crippen molar-refractivity contribution in [1.29, 1.82) is 0 Å². The zero-order valence-corrected chi connectivity index (χ0v) is 13.5. The molecule has 6 nitrogen and oxygen atoms in total. The molecule has 0 fully saturated rings. The number of rotatable bonds is 8. The fourth-order valence-electron chi connectivity index (χ4n) is 1.72. The molecule has 0 aliphatic heterocycles. The zero-order valence-electron chi connectivity index (χ0n) is 12.6. The Bertz CT molecular complexity index is 489. The molecule has 0 saturated carbocycles. The van der Waals surface area contributed by atoms with E-state index in [2.05, 4.69) is 5.09 Å². The van der Waals surface area contributed by atoms with Crippen LogP contribution in [0.3, 0.4) is 0 Å². The number of carbonyl (C=O) groups is 1. The fraction of sp³-hybridized carbons (Fsp3) is 0.500. The summed E-state index contributed by atoms with van der Waals surface area (Å²) in [6.45, 7) is 6.82. The van der Waals surface area contributed by atoms with Crippen LogP contribution in [0.5, 0.6) is 0 Å². The Kier molecular flexibility index (Phi) is 6.55. The molecule has 21 heavy (non-hydrogen) atoms. The second-order valence-corrected chi connectivity index (χ2v) is 6.79. The Labute approximate surface area is 125 Å². The third-order valence-corrected chi connectivity index (χ3v) is 4.34. The number of hydrogen-bond acceptors (Lipinski definition) is 4. The minimum absolute atomic E-state index is 0.368. The highest BCUT2D eigenvalue weighted by molar-refractivity contribution is 7.51. The van der Waals surface area contributed by atoms with Crippen molar-refractivity contribution in [3.8, 4) is 0 Å². The number of carboxylic acid groups (broad SMARTS) is 1. The molecule has 1 aromatic rings. The molecule has 7 heteroatoms. The van der Waals surface area contributed by atoms with Gasteiger partial charge < -0.3 is 5.11 Å². The smallest absolute Gasteiger partial charge is 0.407 e. The van der Waals surface area contributed by atoms with E-state index in [0.717, 1.165) is 0 Å².